The summed E-state index contributed by atoms with van der Waals surface area (Å²) in [6, 6.07) is 0. The van der Waals surface area contributed by atoms with Crippen LogP contribution < -0.4 is 10.6 Å². The Morgan fingerprint density at radius 2 is 2.42 bits per heavy atom. The van der Waals surface area contributed by atoms with E-state index in [4.69, 9.17) is 0 Å². The van der Waals surface area contributed by atoms with Crippen LogP contribution >= 0.6 is 11.3 Å². The van der Waals surface area contributed by atoms with Gasteiger partial charge in [-0.15, -0.1) is 10.2 Å². The highest BCUT2D eigenvalue weighted by Gasteiger charge is 2.16. The molecule has 66 valence electrons. The number of hydrogen-bond donors (Lipinski definition) is 2. The number of rotatable bonds is 3. The van der Waals surface area contributed by atoms with E-state index in [1.165, 1.54) is 0 Å². The first-order chi connectivity index (χ1) is 5.84. The van der Waals surface area contributed by atoms with Gasteiger partial charge in [-0.1, -0.05) is 11.3 Å². The van der Waals surface area contributed by atoms with E-state index in [0.29, 0.717) is 0 Å². The standard InChI is InChI=1S/C7H12N4S/c1-5-10-11-7(12-5)9-4-6-2-8-3-6/h6,8H,2-4H2,1H3,(H,9,11). The average Bonchev–Trinajstić information content (AvgIpc) is 2.32. The van der Waals surface area contributed by atoms with E-state index in [0.717, 1.165) is 35.7 Å². The van der Waals surface area contributed by atoms with Gasteiger partial charge in [-0.25, -0.2) is 0 Å². The Bertz CT molecular complexity index is 256. The van der Waals surface area contributed by atoms with Crippen molar-refractivity contribution in [1.82, 2.24) is 15.5 Å². The summed E-state index contributed by atoms with van der Waals surface area (Å²) in [6.07, 6.45) is 0. The van der Waals surface area contributed by atoms with Crippen molar-refractivity contribution in [3.8, 4) is 0 Å². The van der Waals surface area contributed by atoms with Gasteiger partial charge in [0.2, 0.25) is 5.13 Å². The molecule has 1 fully saturated rings. The summed E-state index contributed by atoms with van der Waals surface area (Å²) in [4.78, 5) is 0. The molecule has 12 heavy (non-hydrogen) atoms. The summed E-state index contributed by atoms with van der Waals surface area (Å²) in [5, 5.41) is 16.4. The van der Waals surface area contributed by atoms with Crippen LogP contribution in [0.3, 0.4) is 0 Å². The van der Waals surface area contributed by atoms with Crippen LogP contribution in [0.5, 0.6) is 0 Å². The molecule has 0 aromatic carbocycles. The number of aromatic nitrogens is 2. The maximum Gasteiger partial charge on any atom is 0.205 e. The number of anilines is 1. The minimum Gasteiger partial charge on any atom is -0.360 e. The molecule has 0 spiro atoms. The lowest BCUT2D eigenvalue weighted by Gasteiger charge is -2.26. The molecule has 1 aromatic heterocycles. The first kappa shape index (κ1) is 7.94. The Hall–Kier alpha value is -0.680. The van der Waals surface area contributed by atoms with E-state index >= 15 is 0 Å². The molecular formula is C7H12N4S. The Balaban J connectivity index is 1.79. The predicted octanol–water partition coefficient (Wildman–Crippen LogP) is 0.478. The summed E-state index contributed by atoms with van der Waals surface area (Å²) < 4.78 is 0. The van der Waals surface area contributed by atoms with Gasteiger partial charge in [0.1, 0.15) is 5.01 Å². The molecular weight excluding hydrogens is 172 g/mol. The summed E-state index contributed by atoms with van der Waals surface area (Å²) in [5.41, 5.74) is 0. The molecule has 5 heteroatoms. The lowest BCUT2D eigenvalue weighted by molar-refractivity contribution is 0.365. The topological polar surface area (TPSA) is 49.8 Å². The van der Waals surface area contributed by atoms with E-state index in [-0.39, 0.29) is 0 Å². The van der Waals surface area contributed by atoms with Crippen molar-refractivity contribution in [2.24, 2.45) is 5.92 Å². The van der Waals surface area contributed by atoms with Gasteiger partial charge >= 0.3 is 0 Å². The molecule has 1 saturated heterocycles. The van der Waals surface area contributed by atoms with Gasteiger partial charge in [-0.2, -0.15) is 0 Å². The van der Waals surface area contributed by atoms with Crippen molar-refractivity contribution < 1.29 is 0 Å². The predicted molar refractivity (Wildman–Crippen MR) is 49.5 cm³/mol. The van der Waals surface area contributed by atoms with Crippen LogP contribution in [0.2, 0.25) is 0 Å². The largest absolute Gasteiger partial charge is 0.360 e. The Kier molecular flexibility index (Phi) is 2.23. The minimum absolute atomic E-state index is 0.772. The molecule has 1 aliphatic heterocycles. The van der Waals surface area contributed by atoms with Gasteiger partial charge in [-0.05, 0) is 6.92 Å². The molecule has 4 nitrogen and oxygen atoms in total. The van der Waals surface area contributed by atoms with Gasteiger partial charge < -0.3 is 10.6 Å². The summed E-state index contributed by atoms with van der Waals surface area (Å²) >= 11 is 1.61. The average molecular weight is 184 g/mol. The number of aryl methyl sites for hydroxylation is 1. The molecule has 0 bridgehead atoms. The fourth-order valence-electron chi connectivity index (χ4n) is 1.09. The molecule has 2 N–H and O–H groups in total. The van der Waals surface area contributed by atoms with Crippen LogP contribution in [0.1, 0.15) is 5.01 Å². The third kappa shape index (κ3) is 1.73. The zero-order valence-electron chi connectivity index (χ0n) is 7.00. The highest BCUT2D eigenvalue weighted by molar-refractivity contribution is 7.15. The van der Waals surface area contributed by atoms with Crippen molar-refractivity contribution in [1.29, 1.82) is 0 Å². The van der Waals surface area contributed by atoms with Crippen molar-refractivity contribution >= 4 is 16.5 Å². The highest BCUT2D eigenvalue weighted by Crippen LogP contribution is 2.14. The second kappa shape index (κ2) is 3.37. The molecule has 2 heterocycles. The summed E-state index contributed by atoms with van der Waals surface area (Å²) in [6.45, 7) is 5.24. The van der Waals surface area contributed by atoms with Gasteiger partial charge in [0.15, 0.2) is 0 Å². The fraction of sp³-hybridized carbons (Fsp3) is 0.714. The maximum absolute atomic E-state index is 3.98. The fourth-order valence-corrected chi connectivity index (χ4v) is 1.69. The van der Waals surface area contributed by atoms with E-state index in [9.17, 15) is 0 Å². The van der Waals surface area contributed by atoms with Crippen molar-refractivity contribution in [3.05, 3.63) is 5.01 Å². The van der Waals surface area contributed by atoms with Gasteiger partial charge in [-0.3, -0.25) is 0 Å². The number of nitrogens with one attached hydrogen (secondary N) is 2. The van der Waals surface area contributed by atoms with Crippen LogP contribution in [0.15, 0.2) is 0 Å². The SMILES string of the molecule is Cc1nnc(NCC2CNC2)s1. The van der Waals surface area contributed by atoms with Gasteiger partial charge in [0.25, 0.3) is 0 Å². The maximum atomic E-state index is 3.98. The number of hydrogen-bond acceptors (Lipinski definition) is 5. The van der Waals surface area contributed by atoms with E-state index in [1.807, 2.05) is 6.92 Å². The third-order valence-electron chi connectivity index (χ3n) is 1.93. The third-order valence-corrected chi connectivity index (χ3v) is 2.73. The number of nitrogens with zero attached hydrogens (tertiary/aromatic N) is 2. The van der Waals surface area contributed by atoms with Crippen LogP contribution in [-0.4, -0.2) is 29.8 Å². The van der Waals surface area contributed by atoms with Crippen molar-refractivity contribution in [2.45, 2.75) is 6.92 Å². The first-order valence-corrected chi connectivity index (χ1v) is 4.91. The Morgan fingerprint density at radius 3 is 2.92 bits per heavy atom. The van der Waals surface area contributed by atoms with Crippen LogP contribution in [0, 0.1) is 12.8 Å². The Morgan fingerprint density at radius 1 is 1.58 bits per heavy atom. The second-order valence-electron chi connectivity index (χ2n) is 3.03. The quantitative estimate of drug-likeness (QED) is 0.717. The van der Waals surface area contributed by atoms with Crippen LogP contribution in [0.4, 0.5) is 5.13 Å². The summed E-state index contributed by atoms with van der Waals surface area (Å²) in [7, 11) is 0. The molecule has 0 atom stereocenters. The molecule has 2 rings (SSSR count). The van der Waals surface area contributed by atoms with Crippen molar-refractivity contribution in [2.75, 3.05) is 25.0 Å². The van der Waals surface area contributed by atoms with E-state index < -0.39 is 0 Å². The lowest BCUT2D eigenvalue weighted by Crippen LogP contribution is -2.45. The Labute approximate surface area is 75.4 Å². The smallest absolute Gasteiger partial charge is 0.205 e. The molecule has 0 saturated carbocycles. The monoisotopic (exact) mass is 184 g/mol. The molecule has 0 radical (unpaired) electrons. The molecule has 0 aliphatic carbocycles. The van der Waals surface area contributed by atoms with E-state index in [2.05, 4.69) is 20.8 Å². The zero-order valence-corrected chi connectivity index (χ0v) is 7.82. The van der Waals surface area contributed by atoms with Gasteiger partial charge in [0, 0.05) is 25.6 Å². The second-order valence-corrected chi connectivity index (χ2v) is 4.21. The molecule has 1 aliphatic rings. The van der Waals surface area contributed by atoms with Crippen molar-refractivity contribution in [3.63, 3.8) is 0 Å². The van der Waals surface area contributed by atoms with Gasteiger partial charge in [0.05, 0.1) is 0 Å². The highest BCUT2D eigenvalue weighted by atomic mass is 32.1. The molecule has 0 amide bonds. The minimum atomic E-state index is 0.772. The van der Waals surface area contributed by atoms with E-state index in [1.54, 1.807) is 11.3 Å². The summed E-state index contributed by atoms with van der Waals surface area (Å²) in [5.74, 6) is 0.772. The van der Waals surface area contributed by atoms with Crippen LogP contribution in [0.25, 0.3) is 0 Å². The normalized spacial score (nSPS) is 17.4. The lowest BCUT2D eigenvalue weighted by atomic mass is 10.0. The zero-order chi connectivity index (χ0) is 8.39. The first-order valence-electron chi connectivity index (χ1n) is 4.09. The molecule has 1 aromatic rings. The molecule has 0 unspecified atom stereocenters. The van der Waals surface area contributed by atoms with Crippen LogP contribution in [-0.2, 0) is 0 Å².